The minimum absolute atomic E-state index is 0.0799. The molecule has 0 aliphatic rings. The van der Waals surface area contributed by atoms with Crippen LogP contribution in [0.3, 0.4) is 0 Å². The topological polar surface area (TPSA) is 46.1 Å². The van der Waals surface area contributed by atoms with Gasteiger partial charge in [-0.05, 0) is 18.9 Å². The lowest BCUT2D eigenvalue weighted by Gasteiger charge is -2.15. The zero-order valence-electron chi connectivity index (χ0n) is 11.7. The number of rotatable bonds is 5. The van der Waals surface area contributed by atoms with Gasteiger partial charge in [0.25, 0.3) is 5.91 Å². The molecular weight excluding hydrogens is 238 g/mol. The quantitative estimate of drug-likeness (QED) is 0.811. The van der Waals surface area contributed by atoms with Crippen molar-refractivity contribution in [3.63, 3.8) is 0 Å². The van der Waals surface area contributed by atoms with Crippen LogP contribution < -0.4 is 10.9 Å². The number of para-hydroxylation sites is 1. The van der Waals surface area contributed by atoms with Crippen LogP contribution in [0.4, 0.5) is 0 Å². The van der Waals surface area contributed by atoms with Crippen molar-refractivity contribution in [2.24, 2.45) is 7.05 Å². The average Bonchev–Trinajstić information content (AvgIpc) is 2.78. The maximum Gasteiger partial charge on any atom is 0.267 e. The van der Waals surface area contributed by atoms with Crippen molar-refractivity contribution in [2.45, 2.75) is 32.7 Å². The number of benzene rings is 1. The molecule has 0 bridgehead atoms. The Morgan fingerprint density at radius 2 is 1.95 bits per heavy atom. The van der Waals surface area contributed by atoms with E-state index in [4.69, 9.17) is 0 Å². The van der Waals surface area contributed by atoms with E-state index in [1.54, 1.807) is 0 Å². The summed E-state index contributed by atoms with van der Waals surface area (Å²) in [5.41, 5.74) is 7.66. The molecule has 0 aliphatic carbocycles. The van der Waals surface area contributed by atoms with Crippen LogP contribution in [0.25, 0.3) is 10.9 Å². The lowest BCUT2D eigenvalue weighted by Crippen LogP contribution is -2.43. The number of carbonyl (C=O) groups is 1. The lowest BCUT2D eigenvalue weighted by atomic mass is 10.1. The minimum Gasteiger partial charge on any atom is -0.350 e. The molecule has 102 valence electrons. The zero-order chi connectivity index (χ0) is 13.8. The Bertz CT molecular complexity index is 570. The maximum atomic E-state index is 12.2. The van der Waals surface area contributed by atoms with E-state index >= 15 is 0 Å². The summed E-state index contributed by atoms with van der Waals surface area (Å²) in [6, 6.07) is 8.24. The fraction of sp³-hybridized carbons (Fsp3) is 0.400. The summed E-state index contributed by atoms with van der Waals surface area (Å²) in [6.45, 7) is 4.20. The van der Waals surface area contributed by atoms with Crippen molar-refractivity contribution in [2.75, 3.05) is 0 Å². The number of hydrogen-bond acceptors (Lipinski definition) is 2. The van der Waals surface area contributed by atoms with Crippen LogP contribution in [0.15, 0.2) is 30.5 Å². The number of fused-ring (bicyclic) bond motifs is 1. The summed E-state index contributed by atoms with van der Waals surface area (Å²) in [6.07, 6.45) is 3.85. The number of hydrazine groups is 1. The van der Waals surface area contributed by atoms with Gasteiger partial charge in [0.1, 0.15) is 0 Å². The number of carbonyl (C=O) groups excluding carboxylic acids is 1. The maximum absolute atomic E-state index is 12.2. The van der Waals surface area contributed by atoms with E-state index < -0.39 is 0 Å². The molecule has 1 aromatic carbocycles. The van der Waals surface area contributed by atoms with Crippen LogP contribution in [0, 0.1) is 0 Å². The first-order valence-corrected chi connectivity index (χ1v) is 6.77. The van der Waals surface area contributed by atoms with Gasteiger partial charge in [-0.25, -0.2) is 5.43 Å². The van der Waals surface area contributed by atoms with Gasteiger partial charge in [0, 0.05) is 30.2 Å². The third kappa shape index (κ3) is 2.79. The highest BCUT2D eigenvalue weighted by molar-refractivity contribution is 6.06. The van der Waals surface area contributed by atoms with Gasteiger partial charge in [-0.15, -0.1) is 0 Å². The summed E-state index contributed by atoms with van der Waals surface area (Å²) < 4.78 is 1.97. The van der Waals surface area contributed by atoms with E-state index in [1.807, 2.05) is 42.1 Å². The molecule has 1 amide bonds. The zero-order valence-corrected chi connectivity index (χ0v) is 11.7. The van der Waals surface area contributed by atoms with Gasteiger partial charge in [-0.2, -0.15) is 0 Å². The van der Waals surface area contributed by atoms with Crippen LogP contribution in [0.5, 0.6) is 0 Å². The first-order chi connectivity index (χ1) is 9.17. The molecule has 2 N–H and O–H groups in total. The molecule has 0 aliphatic heterocycles. The van der Waals surface area contributed by atoms with E-state index in [0.717, 1.165) is 23.7 Å². The van der Waals surface area contributed by atoms with Gasteiger partial charge >= 0.3 is 0 Å². The molecule has 0 saturated carbocycles. The van der Waals surface area contributed by atoms with Crippen molar-refractivity contribution in [1.82, 2.24) is 15.4 Å². The molecule has 0 radical (unpaired) electrons. The smallest absolute Gasteiger partial charge is 0.267 e. The van der Waals surface area contributed by atoms with Crippen LogP contribution in [-0.4, -0.2) is 16.5 Å². The van der Waals surface area contributed by atoms with Crippen molar-refractivity contribution in [3.05, 3.63) is 36.0 Å². The second-order valence-electron chi connectivity index (χ2n) is 4.78. The number of hydrogen-bond donors (Lipinski definition) is 2. The standard InChI is InChI=1S/C15H21N3O/c1-4-11(5-2)16-17-15(19)13-10-18(3)14-9-7-6-8-12(13)14/h6-11,16H,4-5H2,1-3H3,(H,17,19). The molecule has 0 spiro atoms. The van der Waals surface area contributed by atoms with Crippen LogP contribution >= 0.6 is 0 Å². The molecule has 0 fully saturated rings. The first kappa shape index (κ1) is 13.6. The molecule has 1 aromatic heterocycles. The number of nitrogens with zero attached hydrogens (tertiary/aromatic N) is 1. The second-order valence-corrected chi connectivity index (χ2v) is 4.78. The van der Waals surface area contributed by atoms with Crippen LogP contribution in [-0.2, 0) is 7.05 Å². The van der Waals surface area contributed by atoms with Crippen molar-refractivity contribution in [1.29, 1.82) is 0 Å². The number of amides is 1. The monoisotopic (exact) mass is 259 g/mol. The van der Waals surface area contributed by atoms with Gasteiger partial charge in [0.05, 0.1) is 5.56 Å². The first-order valence-electron chi connectivity index (χ1n) is 6.77. The Hall–Kier alpha value is -1.81. The van der Waals surface area contributed by atoms with Crippen LogP contribution in [0.1, 0.15) is 37.0 Å². The van der Waals surface area contributed by atoms with E-state index in [1.165, 1.54) is 0 Å². The number of aromatic nitrogens is 1. The lowest BCUT2D eigenvalue weighted by molar-refractivity contribution is 0.0925. The fourth-order valence-corrected chi connectivity index (χ4v) is 2.25. The Morgan fingerprint density at radius 1 is 1.26 bits per heavy atom. The molecule has 19 heavy (non-hydrogen) atoms. The van der Waals surface area contributed by atoms with Crippen molar-refractivity contribution >= 4 is 16.8 Å². The fourth-order valence-electron chi connectivity index (χ4n) is 2.25. The molecule has 4 heteroatoms. The third-order valence-electron chi connectivity index (χ3n) is 3.52. The van der Waals surface area contributed by atoms with E-state index in [0.29, 0.717) is 11.6 Å². The third-order valence-corrected chi connectivity index (χ3v) is 3.52. The molecular formula is C15H21N3O. The Balaban J connectivity index is 2.18. The molecule has 2 aromatic rings. The Labute approximate surface area is 113 Å². The molecule has 0 atom stereocenters. The molecule has 1 heterocycles. The summed E-state index contributed by atoms with van der Waals surface area (Å²) in [5.74, 6) is -0.0799. The van der Waals surface area contributed by atoms with Gasteiger partial charge < -0.3 is 4.57 Å². The van der Waals surface area contributed by atoms with E-state index in [9.17, 15) is 4.79 Å². The summed E-state index contributed by atoms with van der Waals surface area (Å²) in [5, 5.41) is 0.980. The average molecular weight is 259 g/mol. The number of aryl methyl sites for hydroxylation is 1. The Morgan fingerprint density at radius 3 is 2.63 bits per heavy atom. The summed E-state index contributed by atoms with van der Waals surface area (Å²) >= 11 is 0. The normalized spacial score (nSPS) is 11.2. The molecule has 0 saturated heterocycles. The van der Waals surface area contributed by atoms with E-state index in [-0.39, 0.29) is 5.91 Å². The number of nitrogens with one attached hydrogen (secondary N) is 2. The molecule has 0 unspecified atom stereocenters. The minimum atomic E-state index is -0.0799. The summed E-state index contributed by atoms with van der Waals surface area (Å²) in [4.78, 5) is 12.2. The SMILES string of the molecule is CCC(CC)NNC(=O)c1cn(C)c2ccccc12. The highest BCUT2D eigenvalue weighted by atomic mass is 16.2. The van der Waals surface area contributed by atoms with Crippen molar-refractivity contribution in [3.8, 4) is 0 Å². The van der Waals surface area contributed by atoms with Crippen molar-refractivity contribution < 1.29 is 4.79 Å². The van der Waals surface area contributed by atoms with Gasteiger partial charge in [-0.1, -0.05) is 32.0 Å². The largest absolute Gasteiger partial charge is 0.350 e. The predicted octanol–water partition coefficient (Wildman–Crippen LogP) is 2.60. The Kier molecular flexibility index (Phi) is 4.22. The predicted molar refractivity (Wildman–Crippen MR) is 77.9 cm³/mol. The van der Waals surface area contributed by atoms with E-state index in [2.05, 4.69) is 24.7 Å². The summed E-state index contributed by atoms with van der Waals surface area (Å²) in [7, 11) is 1.95. The second kappa shape index (κ2) is 5.89. The van der Waals surface area contributed by atoms with Gasteiger partial charge in [0.2, 0.25) is 0 Å². The molecule has 4 nitrogen and oxygen atoms in total. The highest BCUT2D eigenvalue weighted by Gasteiger charge is 2.14. The highest BCUT2D eigenvalue weighted by Crippen LogP contribution is 2.19. The van der Waals surface area contributed by atoms with Gasteiger partial charge in [0.15, 0.2) is 0 Å². The van der Waals surface area contributed by atoms with Gasteiger partial charge in [-0.3, -0.25) is 10.2 Å². The molecule has 2 rings (SSSR count). The van der Waals surface area contributed by atoms with Crippen LogP contribution in [0.2, 0.25) is 0 Å².